The minimum atomic E-state index is -0.295. The molecule has 1 aliphatic rings. The van der Waals surface area contributed by atoms with Crippen molar-refractivity contribution in [3.8, 4) is 0 Å². The number of rotatable bonds is 5. The van der Waals surface area contributed by atoms with Gasteiger partial charge in [0.2, 0.25) is 5.95 Å². The number of hydrogen-bond acceptors (Lipinski definition) is 4. The minimum Gasteiger partial charge on any atom is -0.351 e. The Labute approximate surface area is 121 Å². The van der Waals surface area contributed by atoms with E-state index in [0.29, 0.717) is 24.2 Å². The maximum Gasteiger partial charge on any atom is 0.270 e. The van der Waals surface area contributed by atoms with Crippen LogP contribution in [0.4, 0.5) is 10.3 Å². The van der Waals surface area contributed by atoms with Crippen molar-refractivity contribution in [3.63, 3.8) is 0 Å². The van der Waals surface area contributed by atoms with E-state index in [1.54, 1.807) is 24.4 Å². The van der Waals surface area contributed by atoms with Crippen LogP contribution < -0.4 is 10.6 Å². The SMILES string of the molecule is O=C(NCc1ccc(F)cc1)c1ccnc(NC2CC2)n1. The van der Waals surface area contributed by atoms with E-state index in [-0.39, 0.29) is 11.7 Å². The molecule has 0 atom stereocenters. The molecule has 2 aromatic rings. The quantitative estimate of drug-likeness (QED) is 0.883. The molecule has 1 saturated carbocycles. The van der Waals surface area contributed by atoms with Gasteiger partial charge in [-0.2, -0.15) is 0 Å². The second-order valence-electron chi connectivity index (χ2n) is 4.99. The summed E-state index contributed by atoms with van der Waals surface area (Å²) in [6.07, 6.45) is 3.79. The van der Waals surface area contributed by atoms with E-state index in [4.69, 9.17) is 0 Å². The number of halogens is 1. The summed E-state index contributed by atoms with van der Waals surface area (Å²) in [7, 11) is 0. The van der Waals surface area contributed by atoms with Crippen LogP contribution in [-0.4, -0.2) is 21.9 Å². The van der Waals surface area contributed by atoms with Crippen LogP contribution in [0.1, 0.15) is 28.9 Å². The number of amides is 1. The maximum atomic E-state index is 12.8. The summed E-state index contributed by atoms with van der Waals surface area (Å²) in [5.74, 6) is -0.0934. The smallest absolute Gasteiger partial charge is 0.270 e. The Morgan fingerprint density at radius 3 is 2.71 bits per heavy atom. The number of nitrogens with one attached hydrogen (secondary N) is 2. The highest BCUT2D eigenvalue weighted by atomic mass is 19.1. The normalized spacial score (nSPS) is 13.8. The fourth-order valence-electron chi connectivity index (χ4n) is 1.84. The highest BCUT2D eigenvalue weighted by Crippen LogP contribution is 2.22. The average Bonchev–Trinajstić information content (AvgIpc) is 3.30. The average molecular weight is 286 g/mol. The van der Waals surface area contributed by atoms with Crippen molar-refractivity contribution in [2.24, 2.45) is 0 Å². The molecule has 1 fully saturated rings. The van der Waals surface area contributed by atoms with Crippen LogP contribution in [0.2, 0.25) is 0 Å². The van der Waals surface area contributed by atoms with Crippen molar-refractivity contribution >= 4 is 11.9 Å². The lowest BCUT2D eigenvalue weighted by atomic mass is 10.2. The standard InChI is InChI=1S/C15H15FN4O/c16-11-3-1-10(2-4-11)9-18-14(21)13-7-8-17-15(20-13)19-12-5-6-12/h1-4,7-8,12H,5-6,9H2,(H,18,21)(H,17,19,20). The number of anilines is 1. The summed E-state index contributed by atoms with van der Waals surface area (Å²) in [6, 6.07) is 8.00. The summed E-state index contributed by atoms with van der Waals surface area (Å²) >= 11 is 0. The summed E-state index contributed by atoms with van der Waals surface area (Å²) < 4.78 is 12.8. The van der Waals surface area contributed by atoms with Crippen molar-refractivity contribution in [1.82, 2.24) is 15.3 Å². The van der Waals surface area contributed by atoms with Crippen LogP contribution in [0.3, 0.4) is 0 Å². The maximum absolute atomic E-state index is 12.8. The lowest BCUT2D eigenvalue weighted by Gasteiger charge is -2.07. The molecule has 108 valence electrons. The fourth-order valence-corrected chi connectivity index (χ4v) is 1.84. The summed E-state index contributed by atoms with van der Waals surface area (Å²) in [4.78, 5) is 20.3. The van der Waals surface area contributed by atoms with Crippen molar-refractivity contribution in [1.29, 1.82) is 0 Å². The van der Waals surface area contributed by atoms with Crippen LogP contribution in [0.25, 0.3) is 0 Å². The third-order valence-electron chi connectivity index (χ3n) is 3.17. The molecule has 0 bridgehead atoms. The zero-order chi connectivity index (χ0) is 14.7. The van der Waals surface area contributed by atoms with E-state index in [1.165, 1.54) is 12.1 Å². The minimum absolute atomic E-state index is 0.277. The second kappa shape index (κ2) is 5.87. The molecular weight excluding hydrogens is 271 g/mol. The number of benzene rings is 1. The van der Waals surface area contributed by atoms with Gasteiger partial charge in [0.25, 0.3) is 5.91 Å². The van der Waals surface area contributed by atoms with Crippen LogP contribution in [0.5, 0.6) is 0 Å². The number of hydrogen-bond donors (Lipinski definition) is 2. The fraction of sp³-hybridized carbons (Fsp3) is 0.267. The van der Waals surface area contributed by atoms with Gasteiger partial charge in [0.1, 0.15) is 11.5 Å². The molecule has 0 spiro atoms. The van der Waals surface area contributed by atoms with Gasteiger partial charge in [-0.3, -0.25) is 4.79 Å². The lowest BCUT2D eigenvalue weighted by molar-refractivity contribution is 0.0946. The molecule has 1 heterocycles. The van der Waals surface area contributed by atoms with Gasteiger partial charge in [-0.15, -0.1) is 0 Å². The molecular formula is C15H15FN4O. The topological polar surface area (TPSA) is 66.9 Å². The highest BCUT2D eigenvalue weighted by molar-refractivity contribution is 5.92. The third kappa shape index (κ3) is 3.75. The Bertz CT molecular complexity index is 640. The largest absolute Gasteiger partial charge is 0.351 e. The monoisotopic (exact) mass is 286 g/mol. The first-order valence-electron chi connectivity index (χ1n) is 6.83. The van der Waals surface area contributed by atoms with Crippen molar-refractivity contribution in [3.05, 3.63) is 53.6 Å². The number of carbonyl (C=O) groups is 1. The summed E-state index contributed by atoms with van der Waals surface area (Å²) in [5, 5.41) is 5.90. The predicted molar refractivity (Wildman–Crippen MR) is 76.2 cm³/mol. The van der Waals surface area contributed by atoms with E-state index in [1.807, 2.05) is 0 Å². The van der Waals surface area contributed by atoms with Gasteiger partial charge in [-0.05, 0) is 36.6 Å². The molecule has 0 saturated heterocycles. The van der Waals surface area contributed by atoms with Gasteiger partial charge < -0.3 is 10.6 Å². The highest BCUT2D eigenvalue weighted by Gasteiger charge is 2.22. The molecule has 0 radical (unpaired) electrons. The zero-order valence-corrected chi connectivity index (χ0v) is 11.3. The Kier molecular flexibility index (Phi) is 3.77. The molecule has 1 aromatic carbocycles. The van der Waals surface area contributed by atoms with Crippen LogP contribution >= 0.6 is 0 Å². The van der Waals surface area contributed by atoms with E-state index < -0.39 is 0 Å². The van der Waals surface area contributed by atoms with E-state index in [9.17, 15) is 9.18 Å². The molecule has 6 heteroatoms. The van der Waals surface area contributed by atoms with Gasteiger partial charge in [0.15, 0.2) is 0 Å². The van der Waals surface area contributed by atoms with Crippen molar-refractivity contribution in [2.45, 2.75) is 25.4 Å². The van der Waals surface area contributed by atoms with Crippen LogP contribution in [-0.2, 0) is 6.54 Å². The molecule has 2 N–H and O–H groups in total. The Morgan fingerprint density at radius 1 is 1.24 bits per heavy atom. The first kappa shape index (κ1) is 13.5. The molecule has 21 heavy (non-hydrogen) atoms. The molecule has 1 aliphatic carbocycles. The molecule has 3 rings (SSSR count). The van der Waals surface area contributed by atoms with E-state index >= 15 is 0 Å². The predicted octanol–water partition coefficient (Wildman–Crippen LogP) is 2.12. The molecule has 1 amide bonds. The van der Waals surface area contributed by atoms with Gasteiger partial charge in [0, 0.05) is 18.8 Å². The number of aromatic nitrogens is 2. The van der Waals surface area contributed by atoms with Crippen molar-refractivity contribution < 1.29 is 9.18 Å². The molecule has 1 aromatic heterocycles. The number of nitrogens with zero attached hydrogens (tertiary/aromatic N) is 2. The Morgan fingerprint density at radius 2 is 2.00 bits per heavy atom. The van der Waals surface area contributed by atoms with Gasteiger partial charge in [-0.25, -0.2) is 14.4 Å². The van der Waals surface area contributed by atoms with Crippen LogP contribution in [0, 0.1) is 5.82 Å². The Hall–Kier alpha value is -2.50. The third-order valence-corrected chi connectivity index (χ3v) is 3.17. The molecule has 5 nitrogen and oxygen atoms in total. The summed E-state index contributed by atoms with van der Waals surface area (Å²) in [5.41, 5.74) is 1.14. The number of carbonyl (C=O) groups excluding carboxylic acids is 1. The molecule has 0 aliphatic heterocycles. The first-order chi connectivity index (χ1) is 10.2. The molecule has 0 unspecified atom stereocenters. The summed E-state index contributed by atoms with van der Waals surface area (Å²) in [6.45, 7) is 0.328. The van der Waals surface area contributed by atoms with Crippen LogP contribution in [0.15, 0.2) is 36.5 Å². The van der Waals surface area contributed by atoms with Gasteiger partial charge >= 0.3 is 0 Å². The second-order valence-corrected chi connectivity index (χ2v) is 4.99. The van der Waals surface area contributed by atoms with Gasteiger partial charge in [0.05, 0.1) is 0 Å². The zero-order valence-electron chi connectivity index (χ0n) is 11.3. The van der Waals surface area contributed by atoms with Crippen molar-refractivity contribution in [2.75, 3.05) is 5.32 Å². The van der Waals surface area contributed by atoms with E-state index in [2.05, 4.69) is 20.6 Å². The van der Waals surface area contributed by atoms with Gasteiger partial charge in [-0.1, -0.05) is 12.1 Å². The van der Waals surface area contributed by atoms with E-state index in [0.717, 1.165) is 18.4 Å². The Balaban J connectivity index is 1.60. The lowest BCUT2D eigenvalue weighted by Crippen LogP contribution is -2.24. The first-order valence-corrected chi connectivity index (χ1v) is 6.83.